The van der Waals surface area contributed by atoms with Gasteiger partial charge in [-0.2, -0.15) is 12.6 Å². The summed E-state index contributed by atoms with van der Waals surface area (Å²) in [5.41, 5.74) is 6.74. The van der Waals surface area contributed by atoms with Gasteiger partial charge in [-0.05, 0) is 0 Å². The zero-order valence-electron chi connectivity index (χ0n) is 16.4. The number of carbonyl (C=O) groups excluding carboxylic acids is 3. The molecule has 3 amide bonds. The number of carbonyl (C=O) groups is 4. The van der Waals surface area contributed by atoms with Crippen LogP contribution < -0.4 is 21.7 Å². The smallest absolute Gasteiger partial charge is 0.326 e. The van der Waals surface area contributed by atoms with Crippen LogP contribution in [-0.2, 0) is 32.0 Å². The first-order valence-corrected chi connectivity index (χ1v) is 9.84. The summed E-state index contributed by atoms with van der Waals surface area (Å²) in [7, 11) is 0. The van der Waals surface area contributed by atoms with Gasteiger partial charge in [-0.25, -0.2) is 14.8 Å². The van der Waals surface area contributed by atoms with Crippen molar-refractivity contribution in [3.05, 3.63) is 36.4 Å². The van der Waals surface area contributed by atoms with Crippen LogP contribution in [0, 0.1) is 0 Å². The van der Waals surface area contributed by atoms with Gasteiger partial charge in [-0.3, -0.25) is 14.4 Å². The molecule has 3 unspecified atom stereocenters. The monoisotopic (exact) mass is 452 g/mol. The number of hydrogen-bond donors (Lipinski definition) is 8. The highest BCUT2D eigenvalue weighted by Crippen LogP contribution is 2.01. The number of amides is 3. The Bertz CT molecular complexity index is 873. The van der Waals surface area contributed by atoms with E-state index in [-0.39, 0.29) is 18.6 Å². The average molecular weight is 452 g/mol. The predicted octanol–water partition coefficient (Wildman–Crippen LogP) is -2.65. The molecule has 0 aliphatic carbocycles. The molecule has 13 nitrogen and oxygen atoms in total. The van der Waals surface area contributed by atoms with Crippen LogP contribution in [0.15, 0.2) is 25.0 Å². The lowest BCUT2D eigenvalue weighted by atomic mass is 10.1. The zero-order valence-corrected chi connectivity index (χ0v) is 17.3. The summed E-state index contributed by atoms with van der Waals surface area (Å²) in [4.78, 5) is 61.4. The fraction of sp³-hybridized carbons (Fsp3) is 0.412. The minimum Gasteiger partial charge on any atom is -0.480 e. The quantitative estimate of drug-likeness (QED) is 0.159. The fourth-order valence-electron chi connectivity index (χ4n) is 2.54. The molecule has 3 atom stereocenters. The topological polar surface area (TPSA) is 208 Å². The lowest BCUT2D eigenvalue weighted by molar-refractivity contribution is -0.141. The van der Waals surface area contributed by atoms with E-state index >= 15 is 0 Å². The Morgan fingerprint density at radius 1 is 1.00 bits per heavy atom. The number of aromatic nitrogens is 4. The van der Waals surface area contributed by atoms with E-state index in [2.05, 4.69) is 48.5 Å². The molecule has 2 aromatic heterocycles. The second kappa shape index (κ2) is 11.7. The van der Waals surface area contributed by atoms with Gasteiger partial charge in [-0.1, -0.05) is 0 Å². The molecule has 0 bridgehead atoms. The van der Waals surface area contributed by atoms with Gasteiger partial charge in [0.2, 0.25) is 17.7 Å². The maximum Gasteiger partial charge on any atom is 0.326 e. The number of nitrogens with one attached hydrogen (secondary N) is 5. The van der Waals surface area contributed by atoms with Gasteiger partial charge < -0.3 is 36.8 Å². The second-order valence-corrected chi connectivity index (χ2v) is 6.95. The third-order valence-electron chi connectivity index (χ3n) is 4.18. The maximum atomic E-state index is 12.6. The number of hydrogen-bond acceptors (Lipinski definition) is 8. The lowest BCUT2D eigenvalue weighted by Gasteiger charge is -2.20. The van der Waals surface area contributed by atoms with Crippen LogP contribution in [0.1, 0.15) is 11.4 Å². The fourth-order valence-corrected chi connectivity index (χ4v) is 2.71. The van der Waals surface area contributed by atoms with Crippen LogP contribution in [-0.4, -0.2) is 79.2 Å². The first-order valence-electron chi connectivity index (χ1n) is 9.21. The molecule has 31 heavy (non-hydrogen) atoms. The summed E-state index contributed by atoms with van der Waals surface area (Å²) in [6.45, 7) is -0.487. The summed E-state index contributed by atoms with van der Waals surface area (Å²) in [5, 5.41) is 16.5. The van der Waals surface area contributed by atoms with Gasteiger partial charge in [0.1, 0.15) is 12.1 Å². The van der Waals surface area contributed by atoms with E-state index in [4.69, 9.17) is 5.73 Å². The van der Waals surface area contributed by atoms with Gasteiger partial charge in [0.25, 0.3) is 0 Å². The molecular weight excluding hydrogens is 428 g/mol. The van der Waals surface area contributed by atoms with Gasteiger partial charge in [0.15, 0.2) is 0 Å². The predicted molar refractivity (Wildman–Crippen MR) is 111 cm³/mol. The molecule has 0 radical (unpaired) electrons. The number of nitrogens with two attached hydrogens (primary N) is 1. The minimum absolute atomic E-state index is 0.00482. The molecule has 2 heterocycles. The summed E-state index contributed by atoms with van der Waals surface area (Å²) in [6.07, 6.45) is 5.83. The number of imidazole rings is 2. The number of carboxylic acids is 1. The van der Waals surface area contributed by atoms with E-state index in [1.807, 2.05) is 0 Å². The number of H-pyrrole nitrogens is 2. The molecule has 168 valence electrons. The van der Waals surface area contributed by atoms with Crippen molar-refractivity contribution in [2.75, 3.05) is 12.3 Å². The van der Waals surface area contributed by atoms with Crippen molar-refractivity contribution in [2.45, 2.75) is 31.0 Å². The van der Waals surface area contributed by atoms with E-state index in [0.717, 1.165) is 0 Å². The van der Waals surface area contributed by atoms with Gasteiger partial charge in [-0.15, -0.1) is 0 Å². The number of aromatic amines is 2. The molecular formula is C17H24N8O5S. The van der Waals surface area contributed by atoms with Crippen molar-refractivity contribution in [1.29, 1.82) is 0 Å². The summed E-state index contributed by atoms with van der Waals surface area (Å²) in [5.74, 6) is -3.09. The van der Waals surface area contributed by atoms with Crippen molar-refractivity contribution in [3.8, 4) is 0 Å². The normalized spacial score (nSPS) is 13.6. The molecule has 0 aromatic carbocycles. The Morgan fingerprint density at radius 2 is 1.58 bits per heavy atom. The second-order valence-electron chi connectivity index (χ2n) is 6.59. The largest absolute Gasteiger partial charge is 0.480 e. The molecule has 8 N–H and O–H groups in total. The van der Waals surface area contributed by atoms with E-state index in [1.54, 1.807) is 0 Å². The van der Waals surface area contributed by atoms with Crippen LogP contribution >= 0.6 is 12.6 Å². The number of carboxylic acid groups (broad SMARTS) is 1. The first kappa shape index (κ1) is 23.9. The highest BCUT2D eigenvalue weighted by Gasteiger charge is 2.26. The van der Waals surface area contributed by atoms with Gasteiger partial charge >= 0.3 is 5.97 Å². The Kier molecular flexibility index (Phi) is 9.02. The zero-order chi connectivity index (χ0) is 22.8. The van der Waals surface area contributed by atoms with Crippen LogP contribution in [0.5, 0.6) is 0 Å². The van der Waals surface area contributed by atoms with Crippen LogP contribution in [0.2, 0.25) is 0 Å². The Balaban J connectivity index is 1.93. The van der Waals surface area contributed by atoms with Crippen molar-refractivity contribution in [3.63, 3.8) is 0 Å². The van der Waals surface area contributed by atoms with Crippen molar-refractivity contribution in [2.24, 2.45) is 5.73 Å². The van der Waals surface area contributed by atoms with Crippen molar-refractivity contribution in [1.82, 2.24) is 35.9 Å². The molecule has 0 saturated carbocycles. The van der Waals surface area contributed by atoms with Crippen molar-refractivity contribution < 1.29 is 24.3 Å². The molecule has 0 aliphatic heterocycles. The van der Waals surface area contributed by atoms with Crippen LogP contribution in [0.4, 0.5) is 0 Å². The minimum atomic E-state index is -1.24. The van der Waals surface area contributed by atoms with E-state index < -0.39 is 48.4 Å². The SMILES string of the molecule is NC(CS)C(=O)NC(Cc1cnc[nH]1)C(=O)NCC(=O)NC(Cc1cnc[nH]1)C(=O)O. The van der Waals surface area contributed by atoms with E-state index in [0.29, 0.717) is 11.4 Å². The number of nitrogens with zero attached hydrogens (tertiary/aromatic N) is 2. The standard InChI is InChI=1S/C17H24N8O5S/c18-11(6-31)15(27)25-12(1-9-3-19-7-22-9)16(28)21-5-14(26)24-13(17(29)30)2-10-4-20-8-23-10/h3-4,7-8,11-13,31H,1-2,5-6,18H2,(H,19,22)(H,20,23)(H,21,28)(H,24,26)(H,25,27)(H,29,30). The lowest BCUT2D eigenvalue weighted by Crippen LogP contribution is -2.54. The Labute approximate surface area is 182 Å². The first-order chi connectivity index (χ1) is 14.8. The van der Waals surface area contributed by atoms with Gasteiger partial charge in [0, 0.05) is 42.4 Å². The summed E-state index contributed by atoms with van der Waals surface area (Å²) < 4.78 is 0. The Hall–Kier alpha value is -3.39. The highest BCUT2D eigenvalue weighted by atomic mass is 32.1. The molecule has 0 saturated heterocycles. The number of aliphatic carboxylic acids is 1. The molecule has 14 heteroatoms. The van der Waals surface area contributed by atoms with Crippen LogP contribution in [0.3, 0.4) is 0 Å². The average Bonchev–Trinajstić information content (AvgIpc) is 3.44. The highest BCUT2D eigenvalue weighted by molar-refractivity contribution is 7.80. The number of rotatable bonds is 12. The Morgan fingerprint density at radius 3 is 2.06 bits per heavy atom. The molecule has 0 aliphatic rings. The maximum absolute atomic E-state index is 12.6. The number of thiol groups is 1. The molecule has 0 fully saturated rings. The molecule has 0 spiro atoms. The third-order valence-corrected chi connectivity index (χ3v) is 4.57. The van der Waals surface area contributed by atoms with Crippen LogP contribution in [0.25, 0.3) is 0 Å². The van der Waals surface area contributed by atoms with Gasteiger partial charge in [0.05, 0.1) is 25.2 Å². The molecule has 2 aromatic rings. The summed E-state index contributed by atoms with van der Waals surface area (Å²) in [6, 6.07) is -3.16. The third kappa shape index (κ3) is 7.75. The molecule has 2 rings (SSSR count). The van der Waals surface area contributed by atoms with E-state index in [1.165, 1.54) is 25.0 Å². The van der Waals surface area contributed by atoms with E-state index in [9.17, 15) is 24.3 Å². The summed E-state index contributed by atoms with van der Waals surface area (Å²) >= 11 is 3.96. The van der Waals surface area contributed by atoms with Crippen molar-refractivity contribution >= 4 is 36.3 Å².